The highest BCUT2D eigenvalue weighted by atomic mass is 16.6. The number of nitrogens with one attached hydrogen (secondary N) is 2. The van der Waals surface area contributed by atoms with Crippen molar-refractivity contribution in [1.29, 1.82) is 0 Å². The van der Waals surface area contributed by atoms with E-state index < -0.39 is 42.4 Å². The normalized spacial score (nSPS) is 11.1. The molecule has 0 atom stereocenters. The van der Waals surface area contributed by atoms with E-state index in [1.165, 1.54) is 24.6 Å². The predicted molar refractivity (Wildman–Crippen MR) is 113 cm³/mol. The number of nitro benzene ring substituents is 4. The third kappa shape index (κ3) is 6.11. The molecule has 0 saturated heterocycles. The van der Waals surface area contributed by atoms with Crippen LogP contribution in [0.1, 0.15) is 0 Å². The molecule has 0 saturated carbocycles. The molecule has 0 fully saturated rings. The van der Waals surface area contributed by atoms with Crippen LogP contribution in [0.25, 0.3) is 0 Å². The van der Waals surface area contributed by atoms with Crippen LogP contribution in [-0.4, -0.2) is 32.1 Å². The molecule has 0 spiro atoms. The van der Waals surface area contributed by atoms with Crippen LogP contribution in [0, 0.1) is 40.5 Å². The Morgan fingerprint density at radius 2 is 1.00 bits per heavy atom. The highest BCUT2D eigenvalue weighted by Crippen LogP contribution is 2.29. The van der Waals surface area contributed by atoms with Crippen molar-refractivity contribution in [3.63, 3.8) is 0 Å². The number of hydrazone groups is 2. The maximum absolute atomic E-state index is 11.0. The summed E-state index contributed by atoms with van der Waals surface area (Å²) in [6.45, 7) is 0. The third-order valence-electron chi connectivity index (χ3n) is 3.58. The van der Waals surface area contributed by atoms with Gasteiger partial charge in [-0.2, -0.15) is 10.2 Å². The van der Waals surface area contributed by atoms with Crippen molar-refractivity contribution in [2.75, 3.05) is 10.9 Å². The quantitative estimate of drug-likeness (QED) is 0.309. The first-order chi connectivity index (χ1) is 15.2. The van der Waals surface area contributed by atoms with Gasteiger partial charge in [-0.1, -0.05) is 0 Å². The van der Waals surface area contributed by atoms with Gasteiger partial charge < -0.3 is 0 Å². The lowest BCUT2D eigenvalue weighted by Crippen LogP contribution is -1.98. The number of nitrogens with zero attached hydrogens (tertiary/aromatic N) is 6. The van der Waals surface area contributed by atoms with Crippen LogP contribution in [0.2, 0.25) is 0 Å². The van der Waals surface area contributed by atoms with Crippen LogP contribution in [0.5, 0.6) is 0 Å². The summed E-state index contributed by atoms with van der Waals surface area (Å²) >= 11 is 0. The minimum absolute atomic E-state index is 0.0638. The molecule has 32 heavy (non-hydrogen) atoms. The average Bonchev–Trinajstić information content (AvgIpc) is 2.75. The molecule has 0 aliphatic rings. The molecule has 0 amide bonds. The van der Waals surface area contributed by atoms with Gasteiger partial charge in [0.15, 0.2) is 0 Å². The fourth-order valence-corrected chi connectivity index (χ4v) is 2.16. The maximum Gasteiger partial charge on any atom is 0.301 e. The number of allylic oxidation sites excluding steroid dienone is 2. The fraction of sp³-hybridized carbons (Fsp3) is 0. The molecule has 0 aliphatic heterocycles. The van der Waals surface area contributed by atoms with Crippen molar-refractivity contribution in [3.8, 4) is 0 Å². The summed E-state index contributed by atoms with van der Waals surface area (Å²) in [5.74, 6) is 0. The maximum atomic E-state index is 11.0. The largest absolute Gasteiger partial charge is 0.301 e. The van der Waals surface area contributed by atoms with Gasteiger partial charge in [0.2, 0.25) is 0 Å². The SMILES string of the molecule is O=[N+]([O-])c1ccc(N/N=C/C=C\C=N\Nc2ccc([N+](=O)[O-])cc2[N+](=O)[O-])c([N+](=O)[O-])c1. The van der Waals surface area contributed by atoms with Gasteiger partial charge in [0.1, 0.15) is 11.4 Å². The van der Waals surface area contributed by atoms with Crippen LogP contribution in [0.4, 0.5) is 34.1 Å². The zero-order chi connectivity index (χ0) is 23.7. The van der Waals surface area contributed by atoms with E-state index in [4.69, 9.17) is 0 Å². The molecule has 2 rings (SSSR count). The Morgan fingerprint density at radius 1 is 0.625 bits per heavy atom. The molecule has 16 nitrogen and oxygen atoms in total. The molecule has 16 heteroatoms. The Hall–Kier alpha value is -5.28. The molecule has 2 aromatic rings. The minimum atomic E-state index is -0.795. The summed E-state index contributed by atoms with van der Waals surface area (Å²) in [5.41, 5.74) is 2.68. The van der Waals surface area contributed by atoms with Crippen LogP contribution in [-0.2, 0) is 0 Å². The summed E-state index contributed by atoms with van der Waals surface area (Å²) < 4.78 is 0. The van der Waals surface area contributed by atoms with Crippen LogP contribution >= 0.6 is 0 Å². The van der Waals surface area contributed by atoms with Gasteiger partial charge in [0, 0.05) is 24.6 Å². The van der Waals surface area contributed by atoms with Gasteiger partial charge in [-0.25, -0.2) is 0 Å². The zero-order valence-electron chi connectivity index (χ0n) is 15.7. The number of rotatable bonds is 10. The smallest absolute Gasteiger partial charge is 0.272 e. The minimum Gasteiger partial charge on any atom is -0.272 e. The Morgan fingerprint density at radius 3 is 1.31 bits per heavy atom. The Balaban J connectivity index is 1.98. The number of benzene rings is 2. The second kappa shape index (κ2) is 10.5. The number of nitro groups is 4. The van der Waals surface area contributed by atoms with Gasteiger partial charge in [-0.15, -0.1) is 0 Å². The fourth-order valence-electron chi connectivity index (χ4n) is 2.16. The molecule has 2 N–H and O–H groups in total. The van der Waals surface area contributed by atoms with E-state index in [0.29, 0.717) is 0 Å². The number of hydrogen-bond donors (Lipinski definition) is 2. The van der Waals surface area contributed by atoms with Gasteiger partial charge >= 0.3 is 11.4 Å². The lowest BCUT2D eigenvalue weighted by molar-refractivity contribution is -0.393. The molecular weight excluding hydrogens is 432 g/mol. The highest BCUT2D eigenvalue weighted by molar-refractivity contribution is 5.82. The Bertz CT molecular complexity index is 1070. The van der Waals surface area contributed by atoms with E-state index in [-0.39, 0.29) is 11.4 Å². The lowest BCUT2D eigenvalue weighted by atomic mass is 10.2. The first kappa shape index (κ1) is 23.0. The second-order valence-electron chi connectivity index (χ2n) is 5.60. The van der Waals surface area contributed by atoms with Crippen molar-refractivity contribution >= 4 is 46.6 Å². The first-order valence-corrected chi connectivity index (χ1v) is 8.29. The molecule has 2 aromatic carbocycles. The van der Waals surface area contributed by atoms with Crippen molar-refractivity contribution < 1.29 is 19.7 Å². The number of anilines is 2. The van der Waals surface area contributed by atoms with Gasteiger partial charge in [-0.3, -0.25) is 51.3 Å². The molecule has 0 bridgehead atoms. The predicted octanol–water partition coefficient (Wildman–Crippen LogP) is 3.37. The van der Waals surface area contributed by atoms with Crippen LogP contribution in [0.3, 0.4) is 0 Å². The molecule has 0 unspecified atom stereocenters. The molecule has 164 valence electrons. The first-order valence-electron chi connectivity index (χ1n) is 8.29. The van der Waals surface area contributed by atoms with Gasteiger partial charge in [0.25, 0.3) is 11.4 Å². The van der Waals surface area contributed by atoms with Gasteiger partial charge in [-0.05, 0) is 24.3 Å². The van der Waals surface area contributed by atoms with Crippen LogP contribution in [0.15, 0.2) is 58.8 Å². The van der Waals surface area contributed by atoms with E-state index in [2.05, 4.69) is 21.1 Å². The van der Waals surface area contributed by atoms with Crippen molar-refractivity contribution in [1.82, 2.24) is 0 Å². The summed E-state index contributed by atoms with van der Waals surface area (Å²) in [5, 5.41) is 50.9. The Kier molecular flexibility index (Phi) is 7.54. The monoisotopic (exact) mass is 444 g/mol. The topological polar surface area (TPSA) is 221 Å². The van der Waals surface area contributed by atoms with E-state index in [1.807, 2.05) is 0 Å². The molecule has 0 radical (unpaired) electrons. The summed E-state index contributed by atoms with van der Waals surface area (Å²) in [7, 11) is 0. The summed E-state index contributed by atoms with van der Waals surface area (Å²) in [6, 6.07) is 6.03. The standard InChI is InChI=1S/C16H12N8O8/c25-21(26)11-3-5-13(15(9-11)23(29)30)19-17-7-1-2-8-18-20-14-6-4-12(22(27)28)10-16(14)24(31)32/h1-10,19-20H/b2-1-,17-7+,18-8+. The van der Waals surface area contributed by atoms with Crippen LogP contribution < -0.4 is 10.9 Å². The number of hydrogen-bond acceptors (Lipinski definition) is 12. The van der Waals surface area contributed by atoms with E-state index in [0.717, 1.165) is 36.4 Å². The van der Waals surface area contributed by atoms with Crippen molar-refractivity contribution in [3.05, 3.63) is 89.0 Å². The zero-order valence-corrected chi connectivity index (χ0v) is 15.7. The van der Waals surface area contributed by atoms with Crippen molar-refractivity contribution in [2.45, 2.75) is 0 Å². The summed E-state index contributed by atoms with van der Waals surface area (Å²) in [4.78, 5) is 40.3. The average molecular weight is 444 g/mol. The van der Waals surface area contributed by atoms with Crippen molar-refractivity contribution in [2.24, 2.45) is 10.2 Å². The molecule has 0 aliphatic carbocycles. The van der Waals surface area contributed by atoms with Gasteiger partial charge in [0.05, 0.1) is 31.8 Å². The third-order valence-corrected chi connectivity index (χ3v) is 3.58. The second-order valence-corrected chi connectivity index (χ2v) is 5.60. The highest BCUT2D eigenvalue weighted by Gasteiger charge is 2.20. The molecule has 0 heterocycles. The van der Waals surface area contributed by atoms with E-state index in [1.54, 1.807) is 0 Å². The molecular formula is C16H12N8O8. The number of non-ortho nitro benzene ring substituents is 2. The van der Waals surface area contributed by atoms with E-state index >= 15 is 0 Å². The summed E-state index contributed by atoms with van der Waals surface area (Å²) in [6.07, 6.45) is 5.12. The van der Waals surface area contributed by atoms with E-state index in [9.17, 15) is 40.5 Å². The molecule has 0 aromatic heterocycles. The lowest BCUT2D eigenvalue weighted by Gasteiger charge is -2.01. The Labute approximate surface area is 177 Å².